The Bertz CT molecular complexity index is 241. The molecular formula is C11H18N2O2. The predicted octanol–water partition coefficient (Wildman–Crippen LogP) is -0.107. The minimum Gasteiger partial charge on any atom is -0.367 e. The van der Waals surface area contributed by atoms with E-state index in [4.69, 9.17) is 11.2 Å². The fourth-order valence-electron chi connectivity index (χ4n) is 1.52. The molecule has 0 bridgehead atoms. The van der Waals surface area contributed by atoms with Gasteiger partial charge in [0.1, 0.15) is 6.10 Å². The summed E-state index contributed by atoms with van der Waals surface area (Å²) >= 11 is 0. The van der Waals surface area contributed by atoms with Gasteiger partial charge in [0.2, 0.25) is 5.91 Å². The average molecular weight is 210 g/mol. The van der Waals surface area contributed by atoms with Crippen molar-refractivity contribution in [2.24, 2.45) is 0 Å². The Balaban J connectivity index is 2.14. The monoisotopic (exact) mass is 210 g/mol. The normalized spacial score (nSPS) is 22.0. The number of terminal acetylenes is 1. The molecule has 15 heavy (non-hydrogen) atoms. The number of amides is 1. The van der Waals surface area contributed by atoms with Crippen molar-refractivity contribution in [1.82, 2.24) is 10.6 Å². The zero-order valence-electron chi connectivity index (χ0n) is 9.08. The highest BCUT2D eigenvalue weighted by Gasteiger charge is 2.18. The fraction of sp³-hybridized carbons (Fsp3) is 0.727. The van der Waals surface area contributed by atoms with Crippen LogP contribution in [0.4, 0.5) is 0 Å². The van der Waals surface area contributed by atoms with Gasteiger partial charge in [-0.25, -0.2) is 0 Å². The Kier molecular flexibility index (Phi) is 5.16. The topological polar surface area (TPSA) is 50.4 Å². The minimum atomic E-state index is -0.430. The Morgan fingerprint density at radius 2 is 2.60 bits per heavy atom. The summed E-state index contributed by atoms with van der Waals surface area (Å²) in [6.45, 7) is 3.63. The lowest BCUT2D eigenvalue weighted by Crippen LogP contribution is -2.37. The predicted molar refractivity (Wildman–Crippen MR) is 58.3 cm³/mol. The van der Waals surface area contributed by atoms with Crippen molar-refractivity contribution >= 4 is 5.91 Å². The van der Waals surface area contributed by atoms with E-state index in [1.54, 1.807) is 6.92 Å². The van der Waals surface area contributed by atoms with Gasteiger partial charge in [0.25, 0.3) is 0 Å². The molecule has 0 radical (unpaired) electrons. The van der Waals surface area contributed by atoms with Crippen molar-refractivity contribution in [3.05, 3.63) is 0 Å². The van der Waals surface area contributed by atoms with E-state index in [9.17, 15) is 4.79 Å². The summed E-state index contributed by atoms with van der Waals surface area (Å²) in [7, 11) is 0. The summed E-state index contributed by atoms with van der Waals surface area (Å²) < 4.78 is 5.44. The molecule has 2 unspecified atom stereocenters. The highest BCUT2D eigenvalue weighted by Crippen LogP contribution is 2.06. The van der Waals surface area contributed by atoms with Gasteiger partial charge in [-0.2, -0.15) is 0 Å². The Labute approximate surface area is 90.8 Å². The van der Waals surface area contributed by atoms with Crippen molar-refractivity contribution in [1.29, 1.82) is 0 Å². The van der Waals surface area contributed by atoms with Gasteiger partial charge in [0.15, 0.2) is 0 Å². The van der Waals surface area contributed by atoms with E-state index in [1.807, 2.05) is 0 Å². The quantitative estimate of drug-likeness (QED) is 0.623. The molecule has 84 valence electrons. The van der Waals surface area contributed by atoms with Gasteiger partial charge in [0.05, 0.1) is 13.2 Å². The molecule has 0 aliphatic carbocycles. The van der Waals surface area contributed by atoms with Crippen LogP contribution in [-0.4, -0.2) is 37.7 Å². The molecule has 1 saturated heterocycles. The van der Waals surface area contributed by atoms with Crippen molar-refractivity contribution in [2.45, 2.75) is 31.9 Å². The van der Waals surface area contributed by atoms with E-state index in [0.29, 0.717) is 12.6 Å². The average Bonchev–Trinajstić information content (AvgIpc) is 2.75. The third kappa shape index (κ3) is 4.32. The van der Waals surface area contributed by atoms with E-state index < -0.39 is 6.10 Å². The van der Waals surface area contributed by atoms with E-state index in [-0.39, 0.29) is 12.5 Å². The van der Waals surface area contributed by atoms with Gasteiger partial charge < -0.3 is 15.4 Å². The third-order valence-corrected chi connectivity index (χ3v) is 2.44. The number of rotatable bonds is 5. The molecule has 1 rings (SSSR count). The number of hydrogen-bond acceptors (Lipinski definition) is 3. The van der Waals surface area contributed by atoms with Crippen molar-refractivity contribution < 1.29 is 9.53 Å². The molecule has 1 heterocycles. The van der Waals surface area contributed by atoms with E-state index in [1.165, 1.54) is 6.42 Å². The molecule has 4 nitrogen and oxygen atoms in total. The van der Waals surface area contributed by atoms with Crippen LogP contribution in [0.2, 0.25) is 0 Å². The van der Waals surface area contributed by atoms with Crippen LogP contribution in [-0.2, 0) is 9.53 Å². The van der Waals surface area contributed by atoms with E-state index in [0.717, 1.165) is 13.0 Å². The van der Waals surface area contributed by atoms with E-state index in [2.05, 4.69) is 16.6 Å². The summed E-state index contributed by atoms with van der Waals surface area (Å²) in [6.07, 6.45) is 6.91. The smallest absolute Gasteiger partial charge is 0.249 e. The van der Waals surface area contributed by atoms with Crippen LogP contribution in [0.1, 0.15) is 19.8 Å². The first-order valence-electron chi connectivity index (χ1n) is 5.30. The molecule has 0 spiro atoms. The fourth-order valence-corrected chi connectivity index (χ4v) is 1.52. The first kappa shape index (κ1) is 12.0. The van der Waals surface area contributed by atoms with Gasteiger partial charge >= 0.3 is 0 Å². The second kappa shape index (κ2) is 6.44. The lowest BCUT2D eigenvalue weighted by atomic mass is 10.2. The lowest BCUT2D eigenvalue weighted by Gasteiger charge is -2.15. The number of ether oxygens (including phenoxy) is 1. The number of hydrogen-bond donors (Lipinski definition) is 2. The van der Waals surface area contributed by atoms with Crippen LogP contribution >= 0.6 is 0 Å². The van der Waals surface area contributed by atoms with E-state index >= 15 is 0 Å². The molecule has 2 atom stereocenters. The summed E-state index contributed by atoms with van der Waals surface area (Å²) in [6, 6.07) is 0.396. The van der Waals surface area contributed by atoms with Gasteiger partial charge in [0, 0.05) is 6.04 Å². The summed E-state index contributed by atoms with van der Waals surface area (Å²) in [5.74, 6) is 2.20. The highest BCUT2D eigenvalue weighted by molar-refractivity contribution is 5.80. The van der Waals surface area contributed by atoms with Crippen LogP contribution in [0.15, 0.2) is 0 Å². The maximum Gasteiger partial charge on any atom is 0.249 e. The van der Waals surface area contributed by atoms with Gasteiger partial charge in [-0.05, 0) is 26.3 Å². The van der Waals surface area contributed by atoms with Gasteiger partial charge in [-0.3, -0.25) is 4.79 Å². The number of carbonyl (C=O) groups excluding carboxylic acids is 1. The maximum absolute atomic E-state index is 11.4. The van der Waals surface area contributed by atoms with Crippen molar-refractivity contribution in [3.8, 4) is 12.3 Å². The van der Waals surface area contributed by atoms with Crippen LogP contribution in [0, 0.1) is 12.3 Å². The number of nitrogens with one attached hydrogen (secondary N) is 2. The maximum atomic E-state index is 11.4. The summed E-state index contributed by atoms with van der Waals surface area (Å²) in [5, 5.41) is 5.89. The highest BCUT2D eigenvalue weighted by atomic mass is 16.5. The van der Waals surface area contributed by atoms with Crippen LogP contribution in [0.25, 0.3) is 0 Å². The second-order valence-corrected chi connectivity index (χ2v) is 3.69. The van der Waals surface area contributed by atoms with Crippen LogP contribution in [0.5, 0.6) is 0 Å². The Morgan fingerprint density at radius 3 is 3.20 bits per heavy atom. The van der Waals surface area contributed by atoms with Gasteiger partial charge in [-0.1, -0.05) is 5.92 Å². The van der Waals surface area contributed by atoms with Crippen molar-refractivity contribution in [2.75, 3.05) is 19.7 Å². The molecule has 0 aromatic heterocycles. The largest absolute Gasteiger partial charge is 0.367 e. The number of carbonyl (C=O) groups is 1. The third-order valence-electron chi connectivity index (χ3n) is 2.44. The molecule has 0 aromatic rings. The standard InChI is InChI=1S/C11H18N2O2/c1-3-6-13-11(14)9(2)15-8-10-5-4-7-12-10/h1,9-10,12H,4-8H2,2H3,(H,13,14). The Morgan fingerprint density at radius 1 is 1.80 bits per heavy atom. The summed E-state index contributed by atoms with van der Waals surface area (Å²) in [4.78, 5) is 11.4. The first-order chi connectivity index (χ1) is 7.24. The SMILES string of the molecule is C#CCNC(=O)C(C)OCC1CCCN1. The van der Waals surface area contributed by atoms with Crippen LogP contribution < -0.4 is 10.6 Å². The lowest BCUT2D eigenvalue weighted by molar-refractivity contribution is -0.131. The minimum absolute atomic E-state index is 0.147. The molecule has 0 saturated carbocycles. The zero-order chi connectivity index (χ0) is 11.1. The molecule has 1 fully saturated rings. The van der Waals surface area contributed by atoms with Gasteiger partial charge in [-0.15, -0.1) is 6.42 Å². The molecule has 0 aromatic carbocycles. The molecule has 4 heteroatoms. The van der Waals surface area contributed by atoms with Crippen molar-refractivity contribution in [3.63, 3.8) is 0 Å². The zero-order valence-corrected chi connectivity index (χ0v) is 9.08. The summed E-state index contributed by atoms with van der Waals surface area (Å²) in [5.41, 5.74) is 0. The molecule has 1 amide bonds. The first-order valence-corrected chi connectivity index (χ1v) is 5.30. The molecular weight excluding hydrogens is 192 g/mol. The molecule has 1 aliphatic heterocycles. The molecule has 1 aliphatic rings. The Hall–Kier alpha value is -1.05. The molecule has 2 N–H and O–H groups in total. The second-order valence-electron chi connectivity index (χ2n) is 3.69. The van der Waals surface area contributed by atoms with Crippen LogP contribution in [0.3, 0.4) is 0 Å².